The van der Waals surface area contributed by atoms with E-state index in [1.807, 2.05) is 24.3 Å². The summed E-state index contributed by atoms with van der Waals surface area (Å²) in [6.07, 6.45) is 5.38. The lowest BCUT2D eigenvalue weighted by Crippen LogP contribution is -2.49. The Bertz CT molecular complexity index is 979. The van der Waals surface area contributed by atoms with E-state index in [0.29, 0.717) is 17.7 Å². The van der Waals surface area contributed by atoms with Crippen LogP contribution < -0.4 is 10.2 Å². The molecule has 1 saturated carbocycles. The van der Waals surface area contributed by atoms with Crippen LogP contribution >= 0.6 is 0 Å². The Morgan fingerprint density at radius 1 is 1.17 bits per heavy atom. The van der Waals surface area contributed by atoms with Crippen molar-refractivity contribution in [2.24, 2.45) is 5.92 Å². The maximum Gasteiger partial charge on any atom is 0.298 e. The number of hydrogen-bond donors (Lipinski definition) is 1. The van der Waals surface area contributed by atoms with Crippen LogP contribution in [-0.2, 0) is 10.3 Å². The summed E-state index contributed by atoms with van der Waals surface area (Å²) in [5.74, 6) is 1.21. The highest BCUT2D eigenvalue weighted by Crippen LogP contribution is 2.38. The van der Waals surface area contributed by atoms with Gasteiger partial charge < -0.3 is 19.2 Å². The van der Waals surface area contributed by atoms with E-state index in [1.165, 1.54) is 0 Å². The number of piperidine rings is 1. The van der Waals surface area contributed by atoms with Crippen LogP contribution in [0.25, 0.3) is 11.1 Å². The van der Waals surface area contributed by atoms with Crippen LogP contribution in [0.15, 0.2) is 33.2 Å². The van der Waals surface area contributed by atoms with Gasteiger partial charge >= 0.3 is 0 Å². The number of oxazole rings is 1. The molecule has 1 aliphatic heterocycles. The molecule has 0 unspecified atom stereocenters. The van der Waals surface area contributed by atoms with Crippen LogP contribution in [0, 0.1) is 12.8 Å². The topological polar surface area (TPSA) is 97.3 Å². The molecule has 2 aliphatic rings. The third kappa shape index (κ3) is 3.36. The van der Waals surface area contributed by atoms with Crippen LogP contribution in [-0.4, -0.2) is 34.1 Å². The van der Waals surface area contributed by atoms with Crippen molar-refractivity contribution < 1.29 is 13.7 Å². The number of aryl methyl sites for hydroxylation is 1. The van der Waals surface area contributed by atoms with Crippen molar-refractivity contribution in [1.82, 2.24) is 20.4 Å². The Labute approximate surface area is 168 Å². The Kier molecular flexibility index (Phi) is 4.49. The number of hydrogen-bond acceptors (Lipinski definition) is 7. The van der Waals surface area contributed by atoms with Crippen molar-refractivity contribution in [3.63, 3.8) is 0 Å². The quantitative estimate of drug-likeness (QED) is 0.724. The number of aromatic nitrogens is 3. The third-order valence-electron chi connectivity index (χ3n) is 6.19. The molecule has 8 nitrogen and oxygen atoms in total. The molecule has 8 heteroatoms. The van der Waals surface area contributed by atoms with Crippen LogP contribution in [0.4, 0.5) is 6.01 Å². The molecule has 5 rings (SSSR count). The van der Waals surface area contributed by atoms with Crippen LogP contribution in [0.3, 0.4) is 0 Å². The summed E-state index contributed by atoms with van der Waals surface area (Å²) < 4.78 is 11.1. The van der Waals surface area contributed by atoms with Gasteiger partial charge in [0.2, 0.25) is 11.8 Å². The molecule has 152 valence electrons. The van der Waals surface area contributed by atoms with Crippen molar-refractivity contribution in [3.05, 3.63) is 36.0 Å². The Balaban J connectivity index is 1.25. The number of benzene rings is 1. The molecule has 2 aromatic heterocycles. The standard InChI is InChI=1S/C21H25N5O3/c1-14-22-19(25-29-14)21(10-4-5-11-21)24-18(27)15-8-12-26(13-9-15)20-23-16-6-2-3-7-17(16)28-20/h2-3,6-7,15H,4-5,8-13H2,1H3,(H,24,27). The summed E-state index contributed by atoms with van der Waals surface area (Å²) in [4.78, 5) is 24.2. The van der Waals surface area contributed by atoms with Gasteiger partial charge in [-0.05, 0) is 37.8 Å². The maximum atomic E-state index is 13.1. The minimum atomic E-state index is -0.480. The number of rotatable bonds is 4. The summed E-state index contributed by atoms with van der Waals surface area (Å²) in [7, 11) is 0. The normalized spacial score (nSPS) is 19.7. The van der Waals surface area contributed by atoms with E-state index in [2.05, 4.69) is 25.3 Å². The number of anilines is 1. The first-order valence-corrected chi connectivity index (χ1v) is 10.4. The summed E-state index contributed by atoms with van der Waals surface area (Å²) in [5, 5.41) is 7.40. The molecule has 1 saturated heterocycles. The number of amides is 1. The molecule has 0 spiro atoms. The second-order valence-electron chi connectivity index (χ2n) is 8.14. The van der Waals surface area contributed by atoms with Gasteiger partial charge in [-0.1, -0.05) is 30.1 Å². The van der Waals surface area contributed by atoms with Gasteiger partial charge in [0.25, 0.3) is 6.01 Å². The van der Waals surface area contributed by atoms with E-state index in [-0.39, 0.29) is 11.8 Å². The molecule has 2 fully saturated rings. The fourth-order valence-corrected chi connectivity index (χ4v) is 4.54. The number of carbonyl (C=O) groups is 1. The molecule has 1 N–H and O–H groups in total. The number of carbonyl (C=O) groups excluding carboxylic acids is 1. The Hall–Kier alpha value is -2.90. The van der Waals surface area contributed by atoms with E-state index in [1.54, 1.807) is 6.92 Å². The summed E-state index contributed by atoms with van der Waals surface area (Å²) in [5.41, 5.74) is 1.17. The summed E-state index contributed by atoms with van der Waals surface area (Å²) >= 11 is 0. The lowest BCUT2D eigenvalue weighted by Gasteiger charge is -2.33. The van der Waals surface area contributed by atoms with E-state index in [4.69, 9.17) is 8.94 Å². The monoisotopic (exact) mass is 395 g/mol. The average Bonchev–Trinajstić information content (AvgIpc) is 3.47. The van der Waals surface area contributed by atoms with E-state index in [0.717, 1.165) is 62.7 Å². The van der Waals surface area contributed by atoms with Gasteiger partial charge in [-0.15, -0.1) is 0 Å². The molecular formula is C21H25N5O3. The first kappa shape index (κ1) is 18.1. The molecule has 1 aromatic carbocycles. The lowest BCUT2D eigenvalue weighted by molar-refractivity contribution is -0.127. The van der Waals surface area contributed by atoms with Gasteiger partial charge in [0, 0.05) is 25.9 Å². The largest absolute Gasteiger partial charge is 0.423 e. The molecule has 29 heavy (non-hydrogen) atoms. The number of fused-ring (bicyclic) bond motifs is 1. The van der Waals surface area contributed by atoms with Crippen molar-refractivity contribution in [2.75, 3.05) is 18.0 Å². The van der Waals surface area contributed by atoms with Crippen LogP contribution in [0.2, 0.25) is 0 Å². The summed E-state index contributed by atoms with van der Waals surface area (Å²) in [6, 6.07) is 8.41. The van der Waals surface area contributed by atoms with Crippen LogP contribution in [0.5, 0.6) is 0 Å². The SMILES string of the molecule is Cc1nc(C2(NC(=O)C3CCN(c4nc5ccccc5o4)CC3)CCCC2)no1. The van der Waals surface area contributed by atoms with E-state index >= 15 is 0 Å². The fourth-order valence-electron chi connectivity index (χ4n) is 4.54. The minimum Gasteiger partial charge on any atom is -0.423 e. The molecule has 3 aromatic rings. The second-order valence-corrected chi connectivity index (χ2v) is 8.14. The van der Waals surface area contributed by atoms with Crippen LogP contribution in [0.1, 0.15) is 50.2 Å². The molecule has 0 atom stereocenters. The summed E-state index contributed by atoms with van der Waals surface area (Å²) in [6.45, 7) is 3.28. The fraction of sp³-hybridized carbons (Fsp3) is 0.524. The Morgan fingerprint density at radius 2 is 1.93 bits per heavy atom. The van der Waals surface area contributed by atoms with Gasteiger partial charge in [0.15, 0.2) is 11.4 Å². The van der Waals surface area contributed by atoms with Crippen molar-refractivity contribution in [2.45, 2.75) is 51.0 Å². The van der Waals surface area contributed by atoms with E-state index in [9.17, 15) is 4.79 Å². The highest BCUT2D eigenvalue weighted by molar-refractivity contribution is 5.80. The van der Waals surface area contributed by atoms with Gasteiger partial charge in [-0.25, -0.2) is 0 Å². The van der Waals surface area contributed by atoms with E-state index < -0.39 is 5.54 Å². The molecule has 1 amide bonds. The Morgan fingerprint density at radius 3 is 2.62 bits per heavy atom. The zero-order chi connectivity index (χ0) is 19.8. The molecular weight excluding hydrogens is 370 g/mol. The lowest BCUT2D eigenvalue weighted by atomic mass is 9.91. The van der Waals surface area contributed by atoms with Gasteiger partial charge in [-0.3, -0.25) is 4.79 Å². The van der Waals surface area contributed by atoms with Crippen molar-refractivity contribution >= 4 is 23.0 Å². The minimum absolute atomic E-state index is 0.0268. The first-order valence-electron chi connectivity index (χ1n) is 10.4. The average molecular weight is 395 g/mol. The van der Waals surface area contributed by atoms with Crippen molar-refractivity contribution in [3.8, 4) is 0 Å². The zero-order valence-corrected chi connectivity index (χ0v) is 16.6. The van der Waals surface area contributed by atoms with Gasteiger partial charge in [0.05, 0.1) is 0 Å². The maximum absolute atomic E-state index is 13.1. The number of para-hydroxylation sites is 2. The number of nitrogens with one attached hydrogen (secondary N) is 1. The zero-order valence-electron chi connectivity index (χ0n) is 16.6. The highest BCUT2D eigenvalue weighted by atomic mass is 16.5. The predicted molar refractivity (Wildman–Crippen MR) is 106 cm³/mol. The molecule has 0 bridgehead atoms. The smallest absolute Gasteiger partial charge is 0.298 e. The number of nitrogens with zero attached hydrogens (tertiary/aromatic N) is 4. The second kappa shape index (κ2) is 7.17. The third-order valence-corrected chi connectivity index (χ3v) is 6.19. The van der Waals surface area contributed by atoms with Crippen molar-refractivity contribution in [1.29, 1.82) is 0 Å². The molecule has 0 radical (unpaired) electrons. The highest BCUT2D eigenvalue weighted by Gasteiger charge is 2.42. The van der Waals surface area contributed by atoms with Gasteiger partial charge in [-0.2, -0.15) is 9.97 Å². The predicted octanol–water partition coefficient (Wildman–Crippen LogP) is 3.32. The first-order chi connectivity index (χ1) is 14.1. The van der Waals surface area contributed by atoms with Gasteiger partial charge in [0.1, 0.15) is 11.1 Å². The molecule has 3 heterocycles. The molecule has 1 aliphatic carbocycles.